The normalized spacial score (nSPS) is 25.8. The lowest BCUT2D eigenvalue weighted by atomic mass is 9.80. The van der Waals surface area contributed by atoms with Crippen molar-refractivity contribution in [3.63, 3.8) is 0 Å². The highest BCUT2D eigenvalue weighted by Crippen LogP contribution is 2.45. The summed E-state index contributed by atoms with van der Waals surface area (Å²) in [6.07, 6.45) is 62.4. The maximum Gasteiger partial charge on any atom is 0.305 e. The van der Waals surface area contributed by atoms with E-state index in [9.17, 15) is 9.59 Å². The molecule has 4 saturated carbocycles. The van der Waals surface area contributed by atoms with Gasteiger partial charge in [0, 0.05) is 12.8 Å². The van der Waals surface area contributed by atoms with E-state index in [-0.39, 0.29) is 11.9 Å². The lowest BCUT2D eigenvalue weighted by Gasteiger charge is -2.26. The average molecular weight is 1300 g/mol. The molecule has 0 aliphatic heterocycles. The molecule has 0 bridgehead atoms. The summed E-state index contributed by atoms with van der Waals surface area (Å²) in [7, 11) is 6.27. The topological polar surface area (TPSA) is 89.5 Å². The van der Waals surface area contributed by atoms with Gasteiger partial charge in [-0.3, -0.25) is 9.59 Å². The summed E-state index contributed by atoms with van der Waals surface area (Å²) in [5.41, 5.74) is 0. The Kier molecular flexibility index (Phi) is 45.4. The predicted octanol–water partition coefficient (Wildman–Crippen LogP) is 25.0. The van der Waals surface area contributed by atoms with Gasteiger partial charge in [-0.25, -0.2) is 19.6 Å². The number of esters is 2. The fourth-order valence-electron chi connectivity index (χ4n) is 19.1. The highest BCUT2D eigenvalue weighted by molar-refractivity contribution is 5.69. The molecule has 0 amide bonds. The van der Waals surface area contributed by atoms with Crippen LogP contribution < -0.4 is 0 Å². The molecule has 4 aliphatic rings. The Morgan fingerprint density at radius 3 is 0.848 bits per heavy atom. The second-order valence-electron chi connectivity index (χ2n) is 34.3. The largest absolute Gasteiger partial charge is 0.469 e. The van der Waals surface area contributed by atoms with Gasteiger partial charge < -0.3 is 9.47 Å². The van der Waals surface area contributed by atoms with Crippen LogP contribution in [-0.2, 0) is 38.6 Å². The maximum absolute atomic E-state index is 11.8. The molecule has 0 aromatic heterocycles. The van der Waals surface area contributed by atoms with Crippen molar-refractivity contribution < 1.29 is 38.6 Å². The first-order valence-corrected chi connectivity index (χ1v) is 40.8. The Morgan fingerprint density at radius 1 is 0.293 bits per heavy atom. The minimum atomic E-state index is -0.0563. The van der Waals surface area contributed by atoms with Gasteiger partial charge in [-0.2, -0.15) is 0 Å². The molecular weight excluding hydrogens is 1140 g/mol. The van der Waals surface area contributed by atoms with Gasteiger partial charge in [0.15, 0.2) is 0 Å². The number of ether oxygens (including phenoxy) is 2. The van der Waals surface area contributed by atoms with Gasteiger partial charge in [-0.05, 0) is 183 Å². The molecule has 0 aromatic rings. The van der Waals surface area contributed by atoms with Gasteiger partial charge in [0.1, 0.15) is 0 Å². The van der Waals surface area contributed by atoms with Crippen molar-refractivity contribution in [2.75, 3.05) is 41.7 Å². The SMILES string of the molecule is COOCC[C@H](C)CCC[C@H]1CC[C@H]([C@H](C)CCC[C@@H](CC[C@@H](C)CCC[C@@H](C)[C@H]2CC[C@H](CCC[C@@H](C)CC(=O)OC)C2)CC[C@@H](CCC[C@@H](C)[C@H]2CC[C@H](CCC[C@@H](C)CCOOC)C2)CC[C@@H](C)CCC[C@@H](C)[C@H]2CC[C@H](CCC[C@@H](C)CC(=O)OC)C2)C1. The van der Waals surface area contributed by atoms with Crippen LogP contribution in [0.2, 0.25) is 0 Å². The van der Waals surface area contributed by atoms with Gasteiger partial charge in [0.25, 0.3) is 0 Å². The van der Waals surface area contributed by atoms with Crippen LogP contribution in [0.1, 0.15) is 365 Å². The number of rotatable bonds is 57. The molecular formula is C84H158O8. The third-order valence-corrected chi connectivity index (χ3v) is 26.3. The summed E-state index contributed by atoms with van der Waals surface area (Å²) in [6, 6.07) is 0. The number of carbonyl (C=O) groups excluding carboxylic acids is 2. The van der Waals surface area contributed by atoms with Crippen LogP contribution >= 0.6 is 0 Å². The van der Waals surface area contributed by atoms with Crippen LogP contribution in [0.3, 0.4) is 0 Å². The monoisotopic (exact) mass is 1300 g/mol. The molecule has 0 spiro atoms. The Balaban J connectivity index is 1.32. The maximum atomic E-state index is 11.8. The Bertz CT molecular complexity index is 1660. The zero-order chi connectivity index (χ0) is 66.9. The Morgan fingerprint density at radius 2 is 0.554 bits per heavy atom. The van der Waals surface area contributed by atoms with E-state index in [1.807, 2.05) is 0 Å². The molecule has 542 valence electrons. The van der Waals surface area contributed by atoms with Crippen molar-refractivity contribution in [2.45, 2.75) is 365 Å². The summed E-state index contributed by atoms with van der Waals surface area (Å²) >= 11 is 0. The molecule has 92 heavy (non-hydrogen) atoms. The Hall–Kier alpha value is -1.22. The van der Waals surface area contributed by atoms with Crippen molar-refractivity contribution >= 4 is 11.9 Å². The van der Waals surface area contributed by atoms with Crippen molar-refractivity contribution in [1.82, 2.24) is 0 Å². The molecule has 0 unspecified atom stereocenters. The first-order valence-electron chi connectivity index (χ1n) is 40.8. The van der Waals surface area contributed by atoms with Crippen LogP contribution in [0, 0.1) is 118 Å². The van der Waals surface area contributed by atoms with Gasteiger partial charge >= 0.3 is 11.9 Å². The molecule has 4 rings (SSSR count). The number of hydrogen-bond acceptors (Lipinski definition) is 8. The smallest absolute Gasteiger partial charge is 0.305 e. The van der Waals surface area contributed by atoms with Crippen LogP contribution in [0.25, 0.3) is 0 Å². The standard InChI is InChI=1S/C84H158O8/c1-63(23-15-29-69(7)79-49-47-77(61-79)37-19-27-67(5)57-83(85)87-11)39-41-73(33-21-31-71(9)81-51-45-75(59-81)35-17-25-65(3)53-55-91-89-13)43-44-74(34-22-32-72(10)82-52-46-76(60-82)36-18-26-66(4)54-56-92-90-14)42-40-64(2)24-16-30-70(8)80-50-48-78(62-80)38-20-28-68(6)58-84(86)88-12/h63-82H,15-62H2,1-14H3/t63-,64-,65+,66+,67+,68+,69+,70+,71+,72+,73-,74-,75-,76-,77-,78-,79-,80-,81-,82-/m0/s1. The van der Waals surface area contributed by atoms with Crippen molar-refractivity contribution in [2.24, 2.45) is 118 Å². The molecule has 0 aromatic carbocycles. The molecule has 4 aliphatic carbocycles. The van der Waals surface area contributed by atoms with E-state index < -0.39 is 0 Å². The first kappa shape index (κ1) is 83.2. The fourth-order valence-corrected chi connectivity index (χ4v) is 19.1. The molecule has 0 saturated heterocycles. The van der Waals surface area contributed by atoms with Crippen LogP contribution in [0.4, 0.5) is 0 Å². The average Bonchev–Trinajstić information content (AvgIpc) is 2.47. The molecule has 0 N–H and O–H groups in total. The molecule has 4 fully saturated rings. The van der Waals surface area contributed by atoms with Crippen LogP contribution in [-0.4, -0.2) is 53.6 Å². The van der Waals surface area contributed by atoms with E-state index in [0.717, 1.165) is 120 Å². The van der Waals surface area contributed by atoms with Crippen LogP contribution in [0.15, 0.2) is 0 Å². The lowest BCUT2D eigenvalue weighted by Crippen LogP contribution is -2.13. The summed E-state index contributed by atoms with van der Waals surface area (Å²) in [5.74, 6) is 16.5. The third kappa shape index (κ3) is 37.1. The predicted molar refractivity (Wildman–Crippen MR) is 389 cm³/mol. The number of carbonyl (C=O) groups is 2. The summed E-state index contributed by atoms with van der Waals surface area (Å²) < 4.78 is 9.87. The highest BCUT2D eigenvalue weighted by Gasteiger charge is 2.33. The zero-order valence-electron chi connectivity index (χ0n) is 63.8. The molecule has 8 heteroatoms. The quantitative estimate of drug-likeness (QED) is 0.0258. The van der Waals surface area contributed by atoms with E-state index in [1.165, 1.54) is 271 Å². The van der Waals surface area contributed by atoms with E-state index in [0.29, 0.717) is 49.7 Å². The van der Waals surface area contributed by atoms with E-state index in [1.54, 1.807) is 14.2 Å². The fraction of sp³-hybridized carbons (Fsp3) is 0.976. The van der Waals surface area contributed by atoms with Gasteiger partial charge in [-0.1, -0.05) is 288 Å². The molecule has 8 nitrogen and oxygen atoms in total. The summed E-state index contributed by atoms with van der Waals surface area (Å²) in [5, 5.41) is 0. The second kappa shape index (κ2) is 50.2. The Labute approximate surface area is 572 Å². The van der Waals surface area contributed by atoms with Gasteiger partial charge in [-0.15, -0.1) is 0 Å². The van der Waals surface area contributed by atoms with Gasteiger partial charge in [0.2, 0.25) is 0 Å². The molecule has 0 heterocycles. The summed E-state index contributed by atoms with van der Waals surface area (Å²) in [6.45, 7) is 26.4. The van der Waals surface area contributed by atoms with E-state index in [4.69, 9.17) is 29.0 Å². The van der Waals surface area contributed by atoms with Crippen molar-refractivity contribution in [1.29, 1.82) is 0 Å². The molecule has 20 atom stereocenters. The minimum absolute atomic E-state index is 0.0563. The number of hydrogen-bond donors (Lipinski definition) is 0. The summed E-state index contributed by atoms with van der Waals surface area (Å²) in [4.78, 5) is 43.6. The first-order chi connectivity index (χ1) is 44.4. The zero-order valence-corrected chi connectivity index (χ0v) is 63.8. The van der Waals surface area contributed by atoms with Gasteiger partial charge in [0.05, 0.1) is 41.7 Å². The minimum Gasteiger partial charge on any atom is -0.469 e. The van der Waals surface area contributed by atoms with Crippen molar-refractivity contribution in [3.05, 3.63) is 0 Å². The van der Waals surface area contributed by atoms with Crippen LogP contribution in [0.5, 0.6) is 0 Å². The van der Waals surface area contributed by atoms with Crippen molar-refractivity contribution in [3.8, 4) is 0 Å². The van der Waals surface area contributed by atoms with E-state index in [2.05, 4.69) is 69.2 Å². The van der Waals surface area contributed by atoms with E-state index >= 15 is 0 Å². The highest BCUT2D eigenvalue weighted by atomic mass is 17.2. The lowest BCUT2D eigenvalue weighted by molar-refractivity contribution is -0.274. The third-order valence-electron chi connectivity index (χ3n) is 26.3. The number of methoxy groups -OCH3 is 2. The second-order valence-corrected chi connectivity index (χ2v) is 34.3. The molecule has 0 radical (unpaired) electrons.